The van der Waals surface area contributed by atoms with Gasteiger partial charge in [0.15, 0.2) is 0 Å². The quantitative estimate of drug-likeness (QED) is 0.750. The molecule has 0 aliphatic heterocycles. The van der Waals surface area contributed by atoms with Gasteiger partial charge in [0.2, 0.25) is 0 Å². The molecule has 5 atom stereocenters. The molecule has 0 spiro atoms. The van der Waals surface area contributed by atoms with Crippen LogP contribution in [-0.4, -0.2) is 11.7 Å². The van der Waals surface area contributed by atoms with Crippen LogP contribution in [0.5, 0.6) is 0 Å². The van der Waals surface area contributed by atoms with Crippen molar-refractivity contribution < 1.29 is 13.2 Å². The first-order valence-electron chi connectivity index (χ1n) is 7.58. The average molecular weight is 277 g/mol. The van der Waals surface area contributed by atoms with Crippen LogP contribution in [0.2, 0.25) is 0 Å². The van der Waals surface area contributed by atoms with Crippen molar-refractivity contribution in [2.45, 2.75) is 70.5 Å². The van der Waals surface area contributed by atoms with Crippen LogP contribution < -0.4 is 5.73 Å². The first-order chi connectivity index (χ1) is 8.72. The second kappa shape index (κ2) is 5.27. The van der Waals surface area contributed by atoms with Crippen molar-refractivity contribution in [3.05, 3.63) is 0 Å². The van der Waals surface area contributed by atoms with E-state index in [2.05, 4.69) is 13.8 Å². The molecule has 2 fully saturated rings. The standard InChI is InChI=1S/C15H26F3N/c1-10-5-6-12(8-11(10)2)14(19)7-3-4-13(9-14)15(16,17)18/h10-13H,3-9,19H2,1-2H3. The van der Waals surface area contributed by atoms with Crippen molar-refractivity contribution in [1.29, 1.82) is 0 Å². The van der Waals surface area contributed by atoms with E-state index in [1.807, 2.05) is 0 Å². The van der Waals surface area contributed by atoms with Gasteiger partial charge in [-0.1, -0.05) is 26.7 Å². The van der Waals surface area contributed by atoms with E-state index in [9.17, 15) is 13.2 Å². The Hall–Kier alpha value is -0.250. The Morgan fingerprint density at radius 2 is 1.74 bits per heavy atom. The van der Waals surface area contributed by atoms with Gasteiger partial charge < -0.3 is 5.73 Å². The molecular weight excluding hydrogens is 251 g/mol. The highest BCUT2D eigenvalue weighted by Crippen LogP contribution is 2.48. The Kier molecular flexibility index (Phi) is 4.20. The number of hydrogen-bond donors (Lipinski definition) is 1. The highest BCUT2D eigenvalue weighted by Gasteiger charge is 2.49. The summed E-state index contributed by atoms with van der Waals surface area (Å²) in [6, 6.07) is 0. The molecule has 0 radical (unpaired) electrons. The van der Waals surface area contributed by atoms with Crippen molar-refractivity contribution in [1.82, 2.24) is 0 Å². The minimum Gasteiger partial charge on any atom is -0.325 e. The Morgan fingerprint density at radius 3 is 2.32 bits per heavy atom. The smallest absolute Gasteiger partial charge is 0.325 e. The third-order valence-corrected chi connectivity index (χ3v) is 5.70. The monoisotopic (exact) mass is 277 g/mol. The molecule has 112 valence electrons. The van der Waals surface area contributed by atoms with Gasteiger partial charge in [0, 0.05) is 5.54 Å². The summed E-state index contributed by atoms with van der Waals surface area (Å²) < 4.78 is 38.8. The van der Waals surface area contributed by atoms with Crippen LogP contribution in [0.25, 0.3) is 0 Å². The summed E-state index contributed by atoms with van der Waals surface area (Å²) in [6.07, 6.45) is 0.852. The second-order valence-electron chi connectivity index (χ2n) is 7.03. The minimum absolute atomic E-state index is 0.141. The fourth-order valence-corrected chi connectivity index (χ4v) is 4.06. The van der Waals surface area contributed by atoms with Crippen molar-refractivity contribution in [2.75, 3.05) is 0 Å². The van der Waals surface area contributed by atoms with Gasteiger partial charge in [0.05, 0.1) is 5.92 Å². The number of nitrogens with two attached hydrogens (primary N) is 1. The number of alkyl halides is 3. The average Bonchev–Trinajstić information content (AvgIpc) is 2.31. The second-order valence-corrected chi connectivity index (χ2v) is 7.03. The topological polar surface area (TPSA) is 26.0 Å². The Bertz CT molecular complexity index is 315. The number of halogens is 3. The zero-order chi connectivity index (χ0) is 14.3. The lowest BCUT2D eigenvalue weighted by Crippen LogP contribution is -2.54. The lowest BCUT2D eigenvalue weighted by Gasteiger charge is -2.47. The number of hydrogen-bond acceptors (Lipinski definition) is 1. The van der Waals surface area contributed by atoms with Gasteiger partial charge in [-0.15, -0.1) is 0 Å². The Balaban J connectivity index is 2.05. The fourth-order valence-electron chi connectivity index (χ4n) is 4.06. The van der Waals surface area contributed by atoms with Crippen molar-refractivity contribution >= 4 is 0 Å². The van der Waals surface area contributed by atoms with Gasteiger partial charge in [-0.05, 0) is 49.9 Å². The van der Waals surface area contributed by atoms with E-state index >= 15 is 0 Å². The van der Waals surface area contributed by atoms with E-state index in [0.29, 0.717) is 18.3 Å². The van der Waals surface area contributed by atoms with Gasteiger partial charge in [0.25, 0.3) is 0 Å². The van der Waals surface area contributed by atoms with E-state index in [4.69, 9.17) is 5.73 Å². The van der Waals surface area contributed by atoms with Crippen LogP contribution in [0.3, 0.4) is 0 Å². The van der Waals surface area contributed by atoms with Crippen molar-refractivity contribution in [3.63, 3.8) is 0 Å². The third-order valence-electron chi connectivity index (χ3n) is 5.70. The van der Waals surface area contributed by atoms with E-state index in [-0.39, 0.29) is 18.8 Å². The Labute approximate surface area is 114 Å². The molecule has 0 aromatic heterocycles. The summed E-state index contributed by atoms with van der Waals surface area (Å²) in [5.41, 5.74) is 5.85. The van der Waals surface area contributed by atoms with Gasteiger partial charge >= 0.3 is 6.18 Å². The van der Waals surface area contributed by atoms with Gasteiger partial charge in [-0.3, -0.25) is 0 Å². The first kappa shape index (κ1) is 15.1. The van der Waals surface area contributed by atoms with Gasteiger partial charge in [0.1, 0.15) is 0 Å². The largest absolute Gasteiger partial charge is 0.391 e. The highest BCUT2D eigenvalue weighted by atomic mass is 19.4. The van der Waals surface area contributed by atoms with Gasteiger partial charge in [-0.25, -0.2) is 0 Å². The SMILES string of the molecule is CC1CCC(C2(N)CCCC(C(F)(F)F)C2)CC1C. The summed E-state index contributed by atoms with van der Waals surface area (Å²) in [5, 5.41) is 0. The molecule has 2 rings (SSSR count). The molecular formula is C15H26F3N. The van der Waals surface area contributed by atoms with E-state index in [0.717, 1.165) is 25.7 Å². The molecule has 19 heavy (non-hydrogen) atoms. The lowest BCUT2D eigenvalue weighted by molar-refractivity contribution is -0.189. The van der Waals surface area contributed by atoms with Crippen LogP contribution in [0.15, 0.2) is 0 Å². The first-order valence-corrected chi connectivity index (χ1v) is 7.58. The maximum absolute atomic E-state index is 12.9. The molecule has 2 aliphatic carbocycles. The zero-order valence-corrected chi connectivity index (χ0v) is 12.0. The summed E-state index contributed by atoms with van der Waals surface area (Å²) in [6.45, 7) is 4.45. The third kappa shape index (κ3) is 3.26. The maximum atomic E-state index is 12.9. The molecule has 0 aromatic carbocycles. The van der Waals surface area contributed by atoms with Crippen LogP contribution >= 0.6 is 0 Å². The molecule has 1 nitrogen and oxygen atoms in total. The molecule has 0 amide bonds. The molecule has 0 saturated heterocycles. The summed E-state index contributed by atoms with van der Waals surface area (Å²) in [4.78, 5) is 0. The molecule has 2 N–H and O–H groups in total. The maximum Gasteiger partial charge on any atom is 0.391 e. The molecule has 0 aromatic rings. The predicted molar refractivity (Wildman–Crippen MR) is 70.6 cm³/mol. The van der Waals surface area contributed by atoms with E-state index in [1.54, 1.807) is 0 Å². The van der Waals surface area contributed by atoms with Crippen LogP contribution in [0.4, 0.5) is 13.2 Å². The highest BCUT2D eigenvalue weighted by molar-refractivity contribution is 4.99. The summed E-state index contributed by atoms with van der Waals surface area (Å²) in [5.74, 6) is 0.372. The zero-order valence-electron chi connectivity index (χ0n) is 12.0. The summed E-state index contributed by atoms with van der Waals surface area (Å²) in [7, 11) is 0. The Morgan fingerprint density at radius 1 is 1.05 bits per heavy atom. The summed E-state index contributed by atoms with van der Waals surface area (Å²) >= 11 is 0. The van der Waals surface area contributed by atoms with Crippen molar-refractivity contribution in [2.24, 2.45) is 29.4 Å². The van der Waals surface area contributed by atoms with E-state index < -0.39 is 17.6 Å². The predicted octanol–water partition coefficient (Wildman–Crippen LogP) is 4.51. The molecule has 2 aliphatic rings. The van der Waals surface area contributed by atoms with Crippen LogP contribution in [-0.2, 0) is 0 Å². The molecule has 0 heterocycles. The van der Waals surface area contributed by atoms with Crippen LogP contribution in [0, 0.1) is 23.7 Å². The van der Waals surface area contributed by atoms with Crippen molar-refractivity contribution in [3.8, 4) is 0 Å². The number of rotatable bonds is 1. The molecule has 4 heteroatoms. The normalized spacial score (nSPS) is 45.2. The lowest BCUT2D eigenvalue weighted by atomic mass is 9.62. The minimum atomic E-state index is -4.07. The van der Waals surface area contributed by atoms with E-state index in [1.165, 1.54) is 0 Å². The van der Waals surface area contributed by atoms with Gasteiger partial charge in [-0.2, -0.15) is 13.2 Å². The fraction of sp³-hybridized carbons (Fsp3) is 1.00. The molecule has 5 unspecified atom stereocenters. The molecule has 2 saturated carbocycles. The van der Waals surface area contributed by atoms with Crippen LogP contribution in [0.1, 0.15) is 58.8 Å². The molecule has 0 bridgehead atoms.